The molecule has 1 aromatic rings. The van der Waals surface area contributed by atoms with Crippen LogP contribution in [0.2, 0.25) is 0 Å². The van der Waals surface area contributed by atoms with E-state index >= 15 is 0 Å². The minimum Gasteiger partial charge on any atom is -0.463 e. The first-order chi connectivity index (χ1) is 7.88. The molecule has 0 aromatic heterocycles. The minimum absolute atomic E-state index is 0.113. The van der Waals surface area contributed by atoms with Gasteiger partial charge < -0.3 is 10.5 Å². The molecule has 1 aromatic carbocycles. The average Bonchev–Trinajstić information content (AvgIpc) is 2.62. The highest BCUT2D eigenvalue weighted by Crippen LogP contribution is 2.37. The van der Waals surface area contributed by atoms with Crippen LogP contribution in [0.15, 0.2) is 23.2 Å². The highest BCUT2D eigenvalue weighted by molar-refractivity contribution is 5.73. The number of hydrogen-bond acceptors (Lipinski definition) is 3. The zero-order valence-corrected chi connectivity index (χ0v) is 8.46. The molecule has 0 fully saturated rings. The van der Waals surface area contributed by atoms with Crippen LogP contribution >= 0.6 is 0 Å². The standard InChI is InChI=1S/C10H8F4N2O/c11-5-1-2-7(10(12,13)14)6(3-5)8-4-17-9(15)16-8/h1-3,8H,4H2,(H2,15,16)/t8-/m1/s1. The van der Waals surface area contributed by atoms with Crippen LogP contribution in [0.1, 0.15) is 17.2 Å². The van der Waals surface area contributed by atoms with Gasteiger partial charge in [-0.05, 0) is 23.8 Å². The molecule has 2 rings (SSSR count). The summed E-state index contributed by atoms with van der Waals surface area (Å²) in [4.78, 5) is 3.68. The van der Waals surface area contributed by atoms with E-state index in [0.29, 0.717) is 6.07 Å². The summed E-state index contributed by atoms with van der Waals surface area (Å²) in [5.41, 5.74) is 4.02. The third-order valence-electron chi connectivity index (χ3n) is 2.35. The molecule has 0 unspecified atom stereocenters. The molecule has 17 heavy (non-hydrogen) atoms. The number of nitrogens with two attached hydrogens (primary N) is 1. The fraction of sp³-hybridized carbons (Fsp3) is 0.300. The molecule has 0 radical (unpaired) electrons. The number of hydrogen-bond donors (Lipinski definition) is 1. The molecule has 92 valence electrons. The third kappa shape index (κ3) is 2.32. The Kier molecular flexibility index (Phi) is 2.68. The van der Waals surface area contributed by atoms with E-state index in [1.54, 1.807) is 0 Å². The molecular formula is C10H8F4N2O. The zero-order chi connectivity index (χ0) is 12.6. The summed E-state index contributed by atoms with van der Waals surface area (Å²) in [6, 6.07) is 1.15. The second kappa shape index (κ2) is 3.90. The van der Waals surface area contributed by atoms with Crippen LogP contribution in [-0.2, 0) is 10.9 Å². The molecule has 0 aliphatic carbocycles. The molecule has 1 aliphatic rings. The van der Waals surface area contributed by atoms with E-state index in [9.17, 15) is 17.6 Å². The van der Waals surface area contributed by atoms with E-state index in [2.05, 4.69) is 4.99 Å². The number of halogens is 4. The van der Waals surface area contributed by atoms with Gasteiger partial charge in [0, 0.05) is 0 Å². The molecule has 0 bridgehead atoms. The van der Waals surface area contributed by atoms with Crippen molar-refractivity contribution in [2.45, 2.75) is 12.2 Å². The number of alkyl halides is 3. The molecule has 0 amide bonds. The number of ether oxygens (including phenoxy) is 1. The van der Waals surface area contributed by atoms with Crippen molar-refractivity contribution in [2.75, 3.05) is 6.61 Å². The third-order valence-corrected chi connectivity index (χ3v) is 2.35. The van der Waals surface area contributed by atoms with E-state index in [0.717, 1.165) is 12.1 Å². The highest BCUT2D eigenvalue weighted by Gasteiger charge is 2.36. The first-order valence-electron chi connectivity index (χ1n) is 4.70. The molecule has 0 saturated heterocycles. The fourth-order valence-corrected chi connectivity index (χ4v) is 1.62. The van der Waals surface area contributed by atoms with E-state index in [1.807, 2.05) is 0 Å². The average molecular weight is 248 g/mol. The van der Waals surface area contributed by atoms with Crippen LogP contribution in [0.4, 0.5) is 17.6 Å². The second-order valence-corrected chi connectivity index (χ2v) is 3.52. The zero-order valence-electron chi connectivity index (χ0n) is 8.46. The van der Waals surface area contributed by atoms with Gasteiger partial charge in [-0.15, -0.1) is 0 Å². The van der Waals surface area contributed by atoms with Gasteiger partial charge in [0.1, 0.15) is 18.5 Å². The van der Waals surface area contributed by atoms with Crippen LogP contribution in [0.5, 0.6) is 0 Å². The Labute approximate surface area is 93.9 Å². The quantitative estimate of drug-likeness (QED) is 0.775. The van der Waals surface area contributed by atoms with Gasteiger partial charge in [0.15, 0.2) is 0 Å². The maximum Gasteiger partial charge on any atom is 0.416 e. The van der Waals surface area contributed by atoms with Gasteiger partial charge in [-0.1, -0.05) is 0 Å². The van der Waals surface area contributed by atoms with Gasteiger partial charge in [-0.25, -0.2) is 9.38 Å². The number of benzene rings is 1. The van der Waals surface area contributed by atoms with Crippen LogP contribution < -0.4 is 5.73 Å². The summed E-state index contributed by atoms with van der Waals surface area (Å²) in [7, 11) is 0. The summed E-state index contributed by atoms with van der Waals surface area (Å²) >= 11 is 0. The van der Waals surface area contributed by atoms with Crippen molar-refractivity contribution in [3.8, 4) is 0 Å². The largest absolute Gasteiger partial charge is 0.463 e. The van der Waals surface area contributed by atoms with E-state index in [4.69, 9.17) is 10.5 Å². The first kappa shape index (κ1) is 11.7. The highest BCUT2D eigenvalue weighted by atomic mass is 19.4. The van der Waals surface area contributed by atoms with Crippen molar-refractivity contribution < 1.29 is 22.3 Å². The maximum atomic E-state index is 13.0. The maximum absolute atomic E-state index is 13.0. The molecule has 2 N–H and O–H groups in total. The van der Waals surface area contributed by atoms with Gasteiger partial charge in [0.25, 0.3) is 6.02 Å². The van der Waals surface area contributed by atoms with E-state index < -0.39 is 23.6 Å². The first-order valence-corrected chi connectivity index (χ1v) is 4.70. The molecule has 3 nitrogen and oxygen atoms in total. The fourth-order valence-electron chi connectivity index (χ4n) is 1.62. The number of rotatable bonds is 1. The summed E-state index contributed by atoms with van der Waals surface area (Å²) in [6.07, 6.45) is -4.56. The number of nitrogens with zero attached hydrogens (tertiary/aromatic N) is 1. The molecule has 1 aliphatic heterocycles. The molecule has 1 atom stereocenters. The van der Waals surface area contributed by atoms with Crippen molar-refractivity contribution in [3.63, 3.8) is 0 Å². The lowest BCUT2D eigenvalue weighted by Crippen LogP contribution is -2.12. The van der Waals surface area contributed by atoms with Gasteiger partial charge in [0.2, 0.25) is 0 Å². The van der Waals surface area contributed by atoms with Crippen LogP contribution in [-0.4, -0.2) is 12.6 Å². The Morgan fingerprint density at radius 3 is 2.59 bits per heavy atom. The van der Waals surface area contributed by atoms with Crippen molar-refractivity contribution >= 4 is 6.02 Å². The minimum atomic E-state index is -4.56. The predicted molar refractivity (Wildman–Crippen MR) is 51.7 cm³/mol. The molecular weight excluding hydrogens is 240 g/mol. The SMILES string of the molecule is NC1=N[C@@H](c2cc(F)ccc2C(F)(F)F)CO1. The topological polar surface area (TPSA) is 47.6 Å². The Morgan fingerprint density at radius 1 is 1.35 bits per heavy atom. The number of aliphatic imine (C=N–C) groups is 1. The van der Waals surface area contributed by atoms with Crippen LogP contribution in [0, 0.1) is 5.82 Å². The number of amidine groups is 1. The summed E-state index contributed by atoms with van der Waals surface area (Å²) < 4.78 is 55.8. The Morgan fingerprint density at radius 2 is 2.06 bits per heavy atom. The Balaban J connectivity index is 2.48. The van der Waals surface area contributed by atoms with E-state index in [-0.39, 0.29) is 18.2 Å². The van der Waals surface area contributed by atoms with Crippen molar-refractivity contribution in [1.29, 1.82) is 0 Å². The second-order valence-electron chi connectivity index (χ2n) is 3.52. The van der Waals surface area contributed by atoms with Crippen molar-refractivity contribution in [2.24, 2.45) is 10.7 Å². The molecule has 7 heteroatoms. The smallest absolute Gasteiger partial charge is 0.416 e. The van der Waals surface area contributed by atoms with Gasteiger partial charge in [-0.2, -0.15) is 13.2 Å². The lowest BCUT2D eigenvalue weighted by molar-refractivity contribution is -0.138. The van der Waals surface area contributed by atoms with Crippen LogP contribution in [0.25, 0.3) is 0 Å². The van der Waals surface area contributed by atoms with Gasteiger partial charge >= 0.3 is 6.18 Å². The molecule has 1 heterocycles. The van der Waals surface area contributed by atoms with Gasteiger partial charge in [-0.3, -0.25) is 0 Å². The van der Waals surface area contributed by atoms with Crippen molar-refractivity contribution in [3.05, 3.63) is 35.1 Å². The lowest BCUT2D eigenvalue weighted by Gasteiger charge is -2.14. The van der Waals surface area contributed by atoms with Crippen LogP contribution in [0.3, 0.4) is 0 Å². The normalized spacial score (nSPS) is 20.0. The predicted octanol–water partition coefficient (Wildman–Crippen LogP) is 2.23. The van der Waals surface area contributed by atoms with Gasteiger partial charge in [0.05, 0.1) is 5.56 Å². The van der Waals surface area contributed by atoms with E-state index in [1.165, 1.54) is 0 Å². The Bertz CT molecular complexity index is 470. The van der Waals surface area contributed by atoms with Crippen molar-refractivity contribution in [1.82, 2.24) is 0 Å². The summed E-state index contributed by atoms with van der Waals surface area (Å²) in [5.74, 6) is -0.756. The lowest BCUT2D eigenvalue weighted by atomic mass is 10.0. The monoisotopic (exact) mass is 248 g/mol. The Hall–Kier alpha value is -1.79. The molecule has 0 saturated carbocycles. The summed E-state index contributed by atoms with van der Waals surface area (Å²) in [6.45, 7) is -0.113. The molecule has 0 spiro atoms. The summed E-state index contributed by atoms with van der Waals surface area (Å²) in [5, 5.41) is 0.